The molecular formula is C14H20N4. The molecule has 18 heavy (non-hydrogen) atoms. The average Bonchev–Trinajstić information content (AvgIpc) is 2.78. The van der Waals surface area contributed by atoms with Gasteiger partial charge in [0.25, 0.3) is 0 Å². The van der Waals surface area contributed by atoms with Gasteiger partial charge >= 0.3 is 0 Å². The van der Waals surface area contributed by atoms with Crippen LogP contribution < -0.4 is 5.32 Å². The molecule has 2 N–H and O–H groups in total. The highest BCUT2D eigenvalue weighted by Crippen LogP contribution is 2.23. The van der Waals surface area contributed by atoms with Gasteiger partial charge in [0.2, 0.25) is 0 Å². The van der Waals surface area contributed by atoms with Crippen molar-refractivity contribution in [1.29, 1.82) is 0 Å². The maximum atomic E-state index is 4.14. The van der Waals surface area contributed by atoms with E-state index < -0.39 is 0 Å². The van der Waals surface area contributed by atoms with Crippen LogP contribution in [0.4, 0.5) is 0 Å². The molecule has 4 heteroatoms. The van der Waals surface area contributed by atoms with Crippen LogP contribution in [0.25, 0.3) is 0 Å². The molecule has 0 saturated heterocycles. The van der Waals surface area contributed by atoms with Crippen molar-refractivity contribution >= 4 is 0 Å². The first kappa shape index (κ1) is 12.8. The van der Waals surface area contributed by atoms with Crippen LogP contribution in [0.3, 0.4) is 0 Å². The molecule has 2 aromatic heterocycles. The number of hydrogen-bond donors (Lipinski definition) is 2. The third kappa shape index (κ3) is 3.17. The normalized spacial score (nSPS) is 11.7. The first-order valence-electron chi connectivity index (χ1n) is 6.20. The highest BCUT2D eigenvalue weighted by molar-refractivity contribution is 5.23. The first-order chi connectivity index (χ1) is 8.57. The fourth-order valence-electron chi connectivity index (χ4n) is 1.94. The monoisotopic (exact) mass is 244 g/mol. The van der Waals surface area contributed by atoms with E-state index in [-0.39, 0.29) is 5.41 Å². The fourth-order valence-corrected chi connectivity index (χ4v) is 1.94. The average molecular weight is 244 g/mol. The molecule has 0 spiro atoms. The third-order valence-corrected chi connectivity index (χ3v) is 2.84. The van der Waals surface area contributed by atoms with Crippen molar-refractivity contribution in [3.05, 3.63) is 47.5 Å². The van der Waals surface area contributed by atoms with Gasteiger partial charge in [-0.25, -0.2) is 0 Å². The van der Waals surface area contributed by atoms with Crippen molar-refractivity contribution in [2.75, 3.05) is 0 Å². The summed E-state index contributed by atoms with van der Waals surface area (Å²) >= 11 is 0. The van der Waals surface area contributed by atoms with Crippen molar-refractivity contribution in [2.24, 2.45) is 0 Å². The zero-order chi connectivity index (χ0) is 13.0. The van der Waals surface area contributed by atoms with Gasteiger partial charge in [0.1, 0.15) is 0 Å². The number of nitrogens with one attached hydrogen (secondary N) is 2. The Morgan fingerprint density at radius 3 is 2.72 bits per heavy atom. The van der Waals surface area contributed by atoms with Gasteiger partial charge in [-0.15, -0.1) is 0 Å². The second-order valence-electron chi connectivity index (χ2n) is 5.49. The largest absolute Gasteiger partial charge is 0.308 e. The van der Waals surface area contributed by atoms with E-state index in [1.54, 1.807) is 6.20 Å². The highest BCUT2D eigenvalue weighted by atomic mass is 15.1. The molecule has 96 valence electrons. The summed E-state index contributed by atoms with van der Waals surface area (Å²) in [6.45, 7) is 8.20. The molecule has 0 aliphatic carbocycles. The van der Waals surface area contributed by atoms with Crippen LogP contribution in [-0.2, 0) is 18.5 Å². The zero-order valence-corrected chi connectivity index (χ0v) is 11.2. The minimum absolute atomic E-state index is 0.0990. The Balaban J connectivity index is 1.93. The molecule has 2 rings (SSSR count). The summed E-state index contributed by atoms with van der Waals surface area (Å²) in [5.41, 5.74) is 3.72. The molecule has 0 radical (unpaired) electrons. The van der Waals surface area contributed by atoms with Gasteiger partial charge in [-0.05, 0) is 11.6 Å². The number of H-pyrrole nitrogens is 1. The Morgan fingerprint density at radius 2 is 2.06 bits per heavy atom. The summed E-state index contributed by atoms with van der Waals surface area (Å²) in [5, 5.41) is 10.6. The highest BCUT2D eigenvalue weighted by Gasteiger charge is 2.19. The summed E-state index contributed by atoms with van der Waals surface area (Å²) in [5.74, 6) is 0. The molecule has 0 atom stereocenters. The van der Waals surface area contributed by atoms with E-state index in [0.29, 0.717) is 0 Å². The van der Waals surface area contributed by atoms with E-state index in [0.717, 1.165) is 13.1 Å². The minimum Gasteiger partial charge on any atom is -0.308 e. The van der Waals surface area contributed by atoms with E-state index in [4.69, 9.17) is 0 Å². The maximum Gasteiger partial charge on any atom is 0.0535 e. The Labute approximate surface area is 108 Å². The van der Waals surface area contributed by atoms with E-state index in [9.17, 15) is 0 Å². The predicted molar refractivity (Wildman–Crippen MR) is 72.1 cm³/mol. The summed E-state index contributed by atoms with van der Waals surface area (Å²) in [6, 6.07) is 4.02. The van der Waals surface area contributed by atoms with Crippen LogP contribution in [-0.4, -0.2) is 15.2 Å². The zero-order valence-electron chi connectivity index (χ0n) is 11.2. The van der Waals surface area contributed by atoms with E-state index >= 15 is 0 Å². The van der Waals surface area contributed by atoms with Crippen molar-refractivity contribution in [3.63, 3.8) is 0 Å². The molecule has 0 amide bonds. The molecule has 0 saturated carbocycles. The van der Waals surface area contributed by atoms with Gasteiger partial charge in [0.05, 0.1) is 6.20 Å². The van der Waals surface area contributed by atoms with Gasteiger partial charge in [-0.2, -0.15) is 5.10 Å². The Kier molecular flexibility index (Phi) is 3.77. The molecule has 0 aliphatic heterocycles. The van der Waals surface area contributed by atoms with Crippen molar-refractivity contribution in [1.82, 2.24) is 20.5 Å². The summed E-state index contributed by atoms with van der Waals surface area (Å²) < 4.78 is 0. The van der Waals surface area contributed by atoms with Gasteiger partial charge in [-0.1, -0.05) is 26.8 Å². The molecule has 0 bridgehead atoms. The molecular weight excluding hydrogens is 224 g/mol. The molecule has 0 aliphatic rings. The van der Waals surface area contributed by atoms with Crippen LogP contribution in [0.2, 0.25) is 0 Å². The lowest BCUT2D eigenvalue weighted by Gasteiger charge is -2.18. The van der Waals surface area contributed by atoms with Gasteiger partial charge in [0.15, 0.2) is 0 Å². The van der Waals surface area contributed by atoms with Crippen molar-refractivity contribution < 1.29 is 0 Å². The fraction of sp³-hybridized carbons (Fsp3) is 0.429. The van der Waals surface area contributed by atoms with E-state index in [1.807, 2.05) is 18.5 Å². The number of nitrogens with zero attached hydrogens (tertiary/aromatic N) is 2. The second-order valence-corrected chi connectivity index (χ2v) is 5.49. The molecule has 4 nitrogen and oxygen atoms in total. The summed E-state index contributed by atoms with van der Waals surface area (Å²) in [6.07, 6.45) is 5.57. The Hall–Kier alpha value is -1.68. The summed E-state index contributed by atoms with van der Waals surface area (Å²) in [7, 11) is 0. The van der Waals surface area contributed by atoms with Crippen molar-refractivity contribution in [3.8, 4) is 0 Å². The smallest absolute Gasteiger partial charge is 0.0535 e. The quantitative estimate of drug-likeness (QED) is 0.868. The number of hydrogen-bond acceptors (Lipinski definition) is 3. The standard InChI is InChI=1S/C14H20N4/c1-14(2,3)13-12(10-17-18-13)9-16-8-11-5-4-6-15-7-11/h4-7,10,16H,8-9H2,1-3H3,(H,17,18). The molecule has 0 unspecified atom stereocenters. The third-order valence-electron chi connectivity index (χ3n) is 2.84. The van der Waals surface area contributed by atoms with Gasteiger partial charge in [-0.3, -0.25) is 10.1 Å². The Morgan fingerprint density at radius 1 is 1.22 bits per heavy atom. The van der Waals surface area contributed by atoms with Crippen LogP contribution >= 0.6 is 0 Å². The number of pyridine rings is 1. The van der Waals surface area contributed by atoms with Gasteiger partial charge in [0, 0.05) is 42.2 Å². The van der Waals surface area contributed by atoms with Crippen LogP contribution in [0.5, 0.6) is 0 Å². The lowest BCUT2D eigenvalue weighted by molar-refractivity contribution is 0.553. The number of aromatic amines is 1. The maximum absolute atomic E-state index is 4.14. The topological polar surface area (TPSA) is 53.6 Å². The number of aromatic nitrogens is 3. The molecule has 2 heterocycles. The SMILES string of the molecule is CC(C)(C)c1[nH]ncc1CNCc1cccnc1. The lowest BCUT2D eigenvalue weighted by atomic mass is 9.89. The van der Waals surface area contributed by atoms with Crippen LogP contribution in [0, 0.1) is 0 Å². The lowest BCUT2D eigenvalue weighted by Crippen LogP contribution is -2.19. The summed E-state index contributed by atoms with van der Waals surface area (Å²) in [4.78, 5) is 4.10. The number of rotatable bonds is 4. The molecule has 2 aromatic rings. The van der Waals surface area contributed by atoms with E-state index in [1.165, 1.54) is 16.8 Å². The second kappa shape index (κ2) is 5.31. The van der Waals surface area contributed by atoms with Crippen LogP contribution in [0.1, 0.15) is 37.6 Å². The van der Waals surface area contributed by atoms with E-state index in [2.05, 4.69) is 47.3 Å². The Bertz CT molecular complexity index is 482. The van der Waals surface area contributed by atoms with Crippen LogP contribution in [0.15, 0.2) is 30.7 Å². The van der Waals surface area contributed by atoms with Crippen molar-refractivity contribution in [2.45, 2.75) is 39.3 Å². The first-order valence-corrected chi connectivity index (χ1v) is 6.20. The molecule has 0 fully saturated rings. The van der Waals surface area contributed by atoms with Gasteiger partial charge < -0.3 is 5.32 Å². The minimum atomic E-state index is 0.0990. The predicted octanol–water partition coefficient (Wildman–Crippen LogP) is 2.39. The molecule has 0 aromatic carbocycles.